The Labute approximate surface area is 172 Å². The SMILES string of the molecule is C/C=C(\C)CCN(Cc1ccccc1)C(=O)Cc1ccc(OC(=O)OCC)cc1. The van der Waals surface area contributed by atoms with Crippen LogP contribution < -0.4 is 4.74 Å². The molecule has 0 unspecified atom stereocenters. The fourth-order valence-electron chi connectivity index (χ4n) is 2.76. The lowest BCUT2D eigenvalue weighted by molar-refractivity contribution is -0.131. The Morgan fingerprint density at radius 3 is 2.31 bits per heavy atom. The van der Waals surface area contributed by atoms with Gasteiger partial charge in [-0.1, -0.05) is 54.1 Å². The van der Waals surface area contributed by atoms with Crippen LogP contribution in [-0.2, 0) is 22.5 Å². The second-order valence-corrected chi connectivity index (χ2v) is 6.79. The van der Waals surface area contributed by atoms with E-state index in [9.17, 15) is 9.59 Å². The van der Waals surface area contributed by atoms with Crippen molar-refractivity contribution in [3.05, 3.63) is 77.4 Å². The van der Waals surface area contributed by atoms with Gasteiger partial charge in [0.15, 0.2) is 0 Å². The first-order chi connectivity index (χ1) is 14.0. The predicted octanol–water partition coefficient (Wildman–Crippen LogP) is 5.15. The van der Waals surface area contributed by atoms with Gasteiger partial charge in [-0.15, -0.1) is 0 Å². The number of hydrogen-bond acceptors (Lipinski definition) is 4. The first-order valence-electron chi connectivity index (χ1n) is 9.88. The van der Waals surface area contributed by atoms with Gasteiger partial charge in [-0.05, 0) is 50.5 Å². The fraction of sp³-hybridized carbons (Fsp3) is 0.333. The molecule has 0 N–H and O–H groups in total. The lowest BCUT2D eigenvalue weighted by Crippen LogP contribution is -2.33. The maximum Gasteiger partial charge on any atom is 0.513 e. The minimum Gasteiger partial charge on any atom is -0.434 e. The summed E-state index contributed by atoms with van der Waals surface area (Å²) in [5, 5.41) is 0. The Bertz CT molecular complexity index is 813. The third-order valence-corrected chi connectivity index (χ3v) is 4.58. The molecule has 0 saturated carbocycles. The molecule has 2 aromatic rings. The average molecular weight is 395 g/mol. The van der Waals surface area contributed by atoms with Crippen LogP contribution in [0.1, 0.15) is 38.3 Å². The molecular formula is C24H29NO4. The Morgan fingerprint density at radius 1 is 1.00 bits per heavy atom. The summed E-state index contributed by atoms with van der Waals surface area (Å²) in [6.45, 7) is 7.32. The molecule has 29 heavy (non-hydrogen) atoms. The number of carbonyl (C=O) groups excluding carboxylic acids is 2. The van der Waals surface area contributed by atoms with Gasteiger partial charge in [0.25, 0.3) is 0 Å². The molecular weight excluding hydrogens is 366 g/mol. The molecule has 2 aromatic carbocycles. The highest BCUT2D eigenvalue weighted by molar-refractivity contribution is 5.79. The second kappa shape index (κ2) is 11.7. The van der Waals surface area contributed by atoms with E-state index in [4.69, 9.17) is 9.47 Å². The van der Waals surface area contributed by atoms with Crippen molar-refractivity contribution in [1.29, 1.82) is 0 Å². The molecule has 0 radical (unpaired) electrons. The molecule has 0 saturated heterocycles. The molecule has 0 aromatic heterocycles. The number of ether oxygens (including phenoxy) is 2. The van der Waals surface area contributed by atoms with E-state index in [0.717, 1.165) is 17.5 Å². The third kappa shape index (κ3) is 7.82. The highest BCUT2D eigenvalue weighted by Crippen LogP contribution is 2.15. The summed E-state index contributed by atoms with van der Waals surface area (Å²) in [5.41, 5.74) is 3.24. The molecule has 0 spiro atoms. The fourth-order valence-corrected chi connectivity index (χ4v) is 2.76. The molecule has 5 heteroatoms. The molecule has 0 heterocycles. The van der Waals surface area contributed by atoms with Gasteiger partial charge in [-0.2, -0.15) is 0 Å². The van der Waals surface area contributed by atoms with Crippen molar-refractivity contribution in [2.75, 3.05) is 13.2 Å². The van der Waals surface area contributed by atoms with E-state index in [1.807, 2.05) is 42.2 Å². The van der Waals surface area contributed by atoms with Gasteiger partial charge in [-0.25, -0.2) is 4.79 Å². The third-order valence-electron chi connectivity index (χ3n) is 4.58. The monoisotopic (exact) mass is 395 g/mol. The standard InChI is InChI=1S/C24H29NO4/c1-4-19(3)15-16-25(18-21-9-7-6-8-10-21)23(26)17-20-11-13-22(14-12-20)29-24(27)28-5-2/h4,6-14H,5,15-18H2,1-3H3/b19-4+. The molecule has 0 bridgehead atoms. The van der Waals surface area contributed by atoms with E-state index in [-0.39, 0.29) is 12.5 Å². The second-order valence-electron chi connectivity index (χ2n) is 6.79. The van der Waals surface area contributed by atoms with Crippen molar-refractivity contribution in [2.24, 2.45) is 0 Å². The summed E-state index contributed by atoms with van der Waals surface area (Å²) < 4.78 is 9.81. The normalized spacial score (nSPS) is 11.1. The minimum absolute atomic E-state index is 0.0665. The number of nitrogens with zero attached hydrogens (tertiary/aromatic N) is 1. The number of rotatable bonds is 9. The quantitative estimate of drug-likeness (QED) is 0.335. The first-order valence-corrected chi connectivity index (χ1v) is 9.88. The van der Waals surface area contributed by atoms with Crippen molar-refractivity contribution in [3.8, 4) is 5.75 Å². The smallest absolute Gasteiger partial charge is 0.434 e. The lowest BCUT2D eigenvalue weighted by Gasteiger charge is -2.23. The van der Waals surface area contributed by atoms with Gasteiger partial charge in [0.05, 0.1) is 13.0 Å². The summed E-state index contributed by atoms with van der Waals surface area (Å²) in [6, 6.07) is 16.9. The number of allylic oxidation sites excluding steroid dienone is 1. The number of hydrogen-bond donors (Lipinski definition) is 0. The van der Waals surface area contributed by atoms with Crippen molar-refractivity contribution < 1.29 is 19.1 Å². The Morgan fingerprint density at radius 2 is 1.69 bits per heavy atom. The van der Waals surface area contributed by atoms with E-state index < -0.39 is 6.16 Å². The van der Waals surface area contributed by atoms with Crippen molar-refractivity contribution in [3.63, 3.8) is 0 Å². The van der Waals surface area contributed by atoms with Crippen LogP contribution in [0.2, 0.25) is 0 Å². The van der Waals surface area contributed by atoms with Crippen LogP contribution >= 0.6 is 0 Å². The molecule has 2 rings (SSSR count). The maximum absolute atomic E-state index is 13.0. The van der Waals surface area contributed by atoms with E-state index in [2.05, 4.69) is 13.0 Å². The van der Waals surface area contributed by atoms with Crippen molar-refractivity contribution in [2.45, 2.75) is 40.2 Å². The zero-order chi connectivity index (χ0) is 21.1. The van der Waals surface area contributed by atoms with Crippen LogP contribution in [0.25, 0.3) is 0 Å². The molecule has 0 aliphatic rings. The Hall–Kier alpha value is -3.08. The Balaban J connectivity index is 2.02. The summed E-state index contributed by atoms with van der Waals surface area (Å²) in [7, 11) is 0. The first kappa shape index (κ1) is 22.2. The molecule has 0 fully saturated rings. The Kier molecular flexibility index (Phi) is 8.96. The van der Waals surface area contributed by atoms with Crippen LogP contribution in [-0.4, -0.2) is 30.1 Å². The molecule has 0 aliphatic carbocycles. The molecule has 1 amide bonds. The highest BCUT2D eigenvalue weighted by atomic mass is 16.7. The van der Waals surface area contributed by atoms with Gasteiger partial charge in [-0.3, -0.25) is 4.79 Å². The van der Waals surface area contributed by atoms with E-state index in [1.54, 1.807) is 31.2 Å². The van der Waals surface area contributed by atoms with Crippen LogP contribution in [0.3, 0.4) is 0 Å². The lowest BCUT2D eigenvalue weighted by atomic mass is 10.1. The van der Waals surface area contributed by atoms with Gasteiger partial charge in [0.2, 0.25) is 5.91 Å². The van der Waals surface area contributed by atoms with E-state index in [1.165, 1.54) is 5.57 Å². The van der Waals surface area contributed by atoms with Crippen LogP contribution in [0.5, 0.6) is 5.75 Å². The summed E-state index contributed by atoms with van der Waals surface area (Å²) in [6.07, 6.45) is 2.49. The number of benzene rings is 2. The van der Waals surface area contributed by atoms with Gasteiger partial charge < -0.3 is 14.4 Å². The van der Waals surface area contributed by atoms with Crippen molar-refractivity contribution >= 4 is 12.1 Å². The van der Waals surface area contributed by atoms with Crippen LogP contribution in [0.15, 0.2) is 66.2 Å². The summed E-state index contributed by atoms with van der Waals surface area (Å²) >= 11 is 0. The summed E-state index contributed by atoms with van der Waals surface area (Å²) in [5.74, 6) is 0.460. The van der Waals surface area contributed by atoms with E-state index in [0.29, 0.717) is 25.3 Å². The van der Waals surface area contributed by atoms with E-state index >= 15 is 0 Å². The van der Waals surface area contributed by atoms with Crippen LogP contribution in [0, 0.1) is 0 Å². The zero-order valence-corrected chi connectivity index (χ0v) is 17.4. The topological polar surface area (TPSA) is 55.8 Å². The minimum atomic E-state index is -0.732. The largest absolute Gasteiger partial charge is 0.513 e. The highest BCUT2D eigenvalue weighted by Gasteiger charge is 2.15. The molecule has 0 atom stereocenters. The van der Waals surface area contributed by atoms with Crippen molar-refractivity contribution in [1.82, 2.24) is 4.90 Å². The molecule has 5 nitrogen and oxygen atoms in total. The average Bonchev–Trinajstić information content (AvgIpc) is 2.73. The predicted molar refractivity (Wildman–Crippen MR) is 114 cm³/mol. The molecule has 154 valence electrons. The summed E-state index contributed by atoms with van der Waals surface area (Å²) in [4.78, 5) is 26.2. The van der Waals surface area contributed by atoms with Gasteiger partial charge in [0, 0.05) is 13.1 Å². The van der Waals surface area contributed by atoms with Crippen LogP contribution in [0.4, 0.5) is 4.79 Å². The van der Waals surface area contributed by atoms with Gasteiger partial charge in [0.1, 0.15) is 5.75 Å². The maximum atomic E-state index is 13.0. The number of carbonyl (C=O) groups is 2. The number of amides is 1. The zero-order valence-electron chi connectivity index (χ0n) is 17.4. The molecule has 0 aliphatic heterocycles. The van der Waals surface area contributed by atoms with Gasteiger partial charge >= 0.3 is 6.16 Å².